The van der Waals surface area contributed by atoms with Gasteiger partial charge in [-0.25, -0.2) is 13.2 Å². The largest absolute Gasteiger partial charge is 0.497 e. The van der Waals surface area contributed by atoms with Gasteiger partial charge in [0.2, 0.25) is 5.91 Å². The molecule has 11 heteroatoms. The molecular formula is C22H26N2O7S2. The number of sulfone groups is 1. The predicted molar refractivity (Wildman–Crippen MR) is 124 cm³/mol. The van der Waals surface area contributed by atoms with Crippen LogP contribution in [0.2, 0.25) is 0 Å². The van der Waals surface area contributed by atoms with Gasteiger partial charge >= 0.3 is 6.09 Å². The van der Waals surface area contributed by atoms with Gasteiger partial charge in [0.1, 0.15) is 16.5 Å². The SMILES string of the molecule is CCOC(=O)NC(=O)c1c(NC(=O)CS(=O)(=O)c2ccc(OC)cc2)sc2c1CCCCC2. The fourth-order valence-corrected chi connectivity index (χ4v) is 6.03. The minimum atomic E-state index is -3.91. The summed E-state index contributed by atoms with van der Waals surface area (Å²) in [6.07, 6.45) is 3.35. The van der Waals surface area contributed by atoms with Gasteiger partial charge < -0.3 is 14.8 Å². The van der Waals surface area contributed by atoms with E-state index in [-0.39, 0.29) is 22.1 Å². The molecule has 0 saturated heterocycles. The van der Waals surface area contributed by atoms with Crippen LogP contribution in [-0.2, 0) is 32.2 Å². The highest BCUT2D eigenvalue weighted by molar-refractivity contribution is 7.92. The summed E-state index contributed by atoms with van der Waals surface area (Å²) in [5, 5.41) is 5.00. The van der Waals surface area contributed by atoms with Crippen LogP contribution in [0.1, 0.15) is 47.0 Å². The summed E-state index contributed by atoms with van der Waals surface area (Å²) in [6, 6.07) is 5.73. The summed E-state index contributed by atoms with van der Waals surface area (Å²) in [7, 11) is -2.44. The number of carbonyl (C=O) groups excluding carboxylic acids is 3. The van der Waals surface area contributed by atoms with Crippen molar-refractivity contribution in [3.63, 3.8) is 0 Å². The third-order valence-corrected chi connectivity index (χ3v) is 7.97. The van der Waals surface area contributed by atoms with Gasteiger partial charge in [0.25, 0.3) is 5.91 Å². The second-order valence-electron chi connectivity index (χ2n) is 7.43. The fourth-order valence-electron chi connectivity index (χ4n) is 3.59. The molecule has 3 amide bonds. The highest BCUT2D eigenvalue weighted by atomic mass is 32.2. The van der Waals surface area contributed by atoms with Crippen LogP contribution in [0.4, 0.5) is 9.80 Å². The van der Waals surface area contributed by atoms with Crippen molar-refractivity contribution in [2.45, 2.75) is 43.9 Å². The number of methoxy groups -OCH3 is 1. The van der Waals surface area contributed by atoms with Gasteiger partial charge in [0.05, 0.1) is 24.2 Å². The number of fused-ring (bicyclic) bond motifs is 1. The van der Waals surface area contributed by atoms with Crippen LogP contribution in [0.5, 0.6) is 5.75 Å². The Bertz CT molecular complexity index is 1140. The van der Waals surface area contributed by atoms with Crippen LogP contribution < -0.4 is 15.4 Å². The number of hydrogen-bond acceptors (Lipinski definition) is 8. The van der Waals surface area contributed by atoms with E-state index in [1.165, 1.54) is 42.7 Å². The number of amides is 3. The molecule has 0 aliphatic heterocycles. The molecule has 1 aromatic carbocycles. The van der Waals surface area contributed by atoms with Crippen molar-refractivity contribution >= 4 is 44.1 Å². The lowest BCUT2D eigenvalue weighted by molar-refractivity contribution is -0.113. The number of ether oxygens (including phenoxy) is 2. The zero-order chi connectivity index (χ0) is 24.0. The van der Waals surface area contributed by atoms with Crippen molar-refractivity contribution in [3.05, 3.63) is 40.3 Å². The van der Waals surface area contributed by atoms with Gasteiger partial charge in [-0.2, -0.15) is 0 Å². The molecule has 1 aliphatic rings. The summed E-state index contributed by atoms with van der Waals surface area (Å²) in [5.74, 6) is -1.75. The monoisotopic (exact) mass is 494 g/mol. The molecule has 0 atom stereocenters. The number of hydrogen-bond donors (Lipinski definition) is 2. The first kappa shape index (κ1) is 24.7. The van der Waals surface area contributed by atoms with E-state index in [1.807, 2.05) is 0 Å². The first-order valence-corrected chi connectivity index (χ1v) is 13.0. The Morgan fingerprint density at radius 3 is 2.42 bits per heavy atom. The average Bonchev–Trinajstić information content (AvgIpc) is 2.93. The molecule has 0 fully saturated rings. The Morgan fingerprint density at radius 1 is 1.06 bits per heavy atom. The highest BCUT2D eigenvalue weighted by Crippen LogP contribution is 2.37. The van der Waals surface area contributed by atoms with Crippen LogP contribution in [0.15, 0.2) is 29.2 Å². The van der Waals surface area contributed by atoms with E-state index in [4.69, 9.17) is 9.47 Å². The maximum Gasteiger partial charge on any atom is 0.414 e. The summed E-state index contributed by atoms with van der Waals surface area (Å²) < 4.78 is 35.2. The number of carbonyl (C=O) groups is 3. The third kappa shape index (κ3) is 6.11. The summed E-state index contributed by atoms with van der Waals surface area (Å²) in [6.45, 7) is 1.73. The number of anilines is 1. The summed E-state index contributed by atoms with van der Waals surface area (Å²) in [5.41, 5.74) is 0.979. The molecule has 1 heterocycles. The zero-order valence-corrected chi connectivity index (χ0v) is 20.1. The average molecular weight is 495 g/mol. The number of alkyl carbamates (subject to hydrolysis) is 1. The molecule has 0 spiro atoms. The second-order valence-corrected chi connectivity index (χ2v) is 10.5. The fraction of sp³-hybridized carbons (Fsp3) is 0.409. The molecule has 0 radical (unpaired) electrons. The van der Waals surface area contributed by atoms with Gasteiger partial charge in [-0.1, -0.05) is 6.42 Å². The lowest BCUT2D eigenvalue weighted by Gasteiger charge is -2.10. The number of thiophene rings is 1. The number of aryl methyl sites for hydroxylation is 1. The topological polar surface area (TPSA) is 128 Å². The molecule has 3 rings (SSSR count). The number of nitrogens with one attached hydrogen (secondary N) is 2. The highest BCUT2D eigenvalue weighted by Gasteiger charge is 2.28. The van der Waals surface area contributed by atoms with Crippen molar-refractivity contribution in [1.82, 2.24) is 5.32 Å². The zero-order valence-electron chi connectivity index (χ0n) is 18.4. The van der Waals surface area contributed by atoms with Gasteiger partial charge in [0.15, 0.2) is 9.84 Å². The Labute approximate surface area is 196 Å². The van der Waals surface area contributed by atoms with Crippen LogP contribution in [0, 0.1) is 0 Å². The smallest absolute Gasteiger partial charge is 0.414 e. The minimum absolute atomic E-state index is 0.0133. The van der Waals surface area contributed by atoms with Crippen LogP contribution >= 0.6 is 11.3 Å². The van der Waals surface area contributed by atoms with Crippen molar-refractivity contribution in [2.75, 3.05) is 24.8 Å². The summed E-state index contributed by atoms with van der Waals surface area (Å²) >= 11 is 1.24. The van der Waals surface area contributed by atoms with Crippen molar-refractivity contribution in [3.8, 4) is 5.75 Å². The van der Waals surface area contributed by atoms with E-state index < -0.39 is 33.5 Å². The lowest BCUT2D eigenvalue weighted by Crippen LogP contribution is -2.32. The molecule has 1 aromatic heterocycles. The normalized spacial score (nSPS) is 13.4. The molecule has 178 valence electrons. The number of rotatable bonds is 7. The molecule has 0 unspecified atom stereocenters. The molecule has 9 nitrogen and oxygen atoms in total. The van der Waals surface area contributed by atoms with E-state index in [0.29, 0.717) is 12.2 Å². The number of imide groups is 1. The molecule has 0 saturated carbocycles. The van der Waals surface area contributed by atoms with Gasteiger partial charge in [0, 0.05) is 4.88 Å². The van der Waals surface area contributed by atoms with E-state index in [0.717, 1.165) is 36.1 Å². The molecule has 2 aromatic rings. The molecule has 0 bridgehead atoms. The quantitative estimate of drug-likeness (QED) is 0.565. The lowest BCUT2D eigenvalue weighted by atomic mass is 10.0. The molecule has 1 aliphatic carbocycles. The predicted octanol–water partition coefficient (Wildman–Crippen LogP) is 3.32. The van der Waals surface area contributed by atoms with Gasteiger partial charge in [-0.15, -0.1) is 11.3 Å². The first-order valence-electron chi connectivity index (χ1n) is 10.5. The Kier molecular flexibility index (Phi) is 8.09. The Morgan fingerprint density at radius 2 is 1.76 bits per heavy atom. The second kappa shape index (κ2) is 10.8. The third-order valence-electron chi connectivity index (χ3n) is 5.13. The van der Waals surface area contributed by atoms with E-state index in [2.05, 4.69) is 10.6 Å². The van der Waals surface area contributed by atoms with Crippen LogP contribution in [-0.4, -0.2) is 45.8 Å². The Balaban J connectivity index is 1.83. The van der Waals surface area contributed by atoms with Crippen LogP contribution in [0.3, 0.4) is 0 Å². The molecule has 33 heavy (non-hydrogen) atoms. The van der Waals surface area contributed by atoms with E-state index in [9.17, 15) is 22.8 Å². The Hall–Kier alpha value is -2.92. The minimum Gasteiger partial charge on any atom is -0.497 e. The van der Waals surface area contributed by atoms with Crippen molar-refractivity contribution in [2.24, 2.45) is 0 Å². The van der Waals surface area contributed by atoms with E-state index >= 15 is 0 Å². The van der Waals surface area contributed by atoms with E-state index in [1.54, 1.807) is 6.92 Å². The van der Waals surface area contributed by atoms with Crippen molar-refractivity contribution in [1.29, 1.82) is 0 Å². The van der Waals surface area contributed by atoms with Gasteiger partial charge in [-0.05, 0) is 62.4 Å². The maximum absolute atomic E-state index is 12.9. The first-order chi connectivity index (χ1) is 15.7. The van der Waals surface area contributed by atoms with Gasteiger partial charge in [-0.3, -0.25) is 14.9 Å². The molecule has 2 N–H and O–H groups in total. The summed E-state index contributed by atoms with van der Waals surface area (Å²) in [4.78, 5) is 38.3. The standard InChI is InChI=1S/C22H26N2O7S2/c1-3-31-22(27)24-20(26)19-16-7-5-4-6-8-17(16)32-21(19)23-18(25)13-33(28,29)15-11-9-14(30-2)10-12-15/h9-12H,3-8,13H2,1-2H3,(H,23,25)(H,24,26,27). The number of benzene rings is 1. The maximum atomic E-state index is 12.9. The van der Waals surface area contributed by atoms with Crippen LogP contribution in [0.25, 0.3) is 0 Å². The molecular weight excluding hydrogens is 468 g/mol. The van der Waals surface area contributed by atoms with Crippen molar-refractivity contribution < 1.29 is 32.3 Å².